The number of piperidine rings is 2. The minimum atomic E-state index is -4.32. The molecule has 253 valence electrons. The predicted molar refractivity (Wildman–Crippen MR) is 179 cm³/mol. The number of halogens is 8. The summed E-state index contributed by atoms with van der Waals surface area (Å²) in [6.07, 6.45) is -5.19. The summed E-state index contributed by atoms with van der Waals surface area (Å²) in [4.78, 5) is 13.2. The van der Waals surface area contributed by atoms with Crippen molar-refractivity contribution in [2.75, 3.05) is 33.3 Å². The minimum absolute atomic E-state index is 0. The van der Waals surface area contributed by atoms with Crippen LogP contribution in [0.1, 0.15) is 59.8 Å². The summed E-state index contributed by atoms with van der Waals surface area (Å²) in [7, 11) is 1.36. The van der Waals surface area contributed by atoms with E-state index in [9.17, 15) is 31.1 Å². The molecule has 4 heterocycles. The number of carbonyl (C=O) groups is 1. The molecule has 2 saturated heterocycles. The Morgan fingerprint density at radius 1 is 0.783 bits per heavy atom. The quantitative estimate of drug-likeness (QED) is 0.204. The van der Waals surface area contributed by atoms with Crippen LogP contribution in [-0.4, -0.2) is 49.8 Å². The van der Waals surface area contributed by atoms with Crippen molar-refractivity contribution in [2.45, 2.75) is 49.9 Å². The Morgan fingerprint density at radius 2 is 1.20 bits per heavy atom. The third-order valence-corrected chi connectivity index (χ3v) is 9.94. The molecule has 46 heavy (non-hydrogen) atoms. The Kier molecular flexibility index (Phi) is 17.5. The molecule has 3 N–H and O–H groups in total. The van der Waals surface area contributed by atoms with Crippen LogP contribution in [-0.2, 0) is 17.1 Å². The van der Waals surface area contributed by atoms with Gasteiger partial charge in [-0.15, -0.1) is 56.6 Å². The van der Waals surface area contributed by atoms with E-state index in [0.29, 0.717) is 23.7 Å². The molecule has 2 fully saturated rings. The average Bonchev–Trinajstić information content (AvgIpc) is 3.60. The van der Waals surface area contributed by atoms with E-state index in [0.717, 1.165) is 65.9 Å². The van der Waals surface area contributed by atoms with Gasteiger partial charge in [0.2, 0.25) is 0 Å². The summed E-state index contributed by atoms with van der Waals surface area (Å²) < 4.78 is 82.5. The first kappa shape index (κ1) is 43.6. The fourth-order valence-corrected chi connectivity index (χ4v) is 7.88. The number of ether oxygens (including phenoxy) is 1. The van der Waals surface area contributed by atoms with E-state index in [1.54, 1.807) is 17.0 Å². The number of benzene rings is 2. The van der Waals surface area contributed by atoms with Crippen molar-refractivity contribution in [3.63, 3.8) is 0 Å². The van der Waals surface area contributed by atoms with E-state index in [2.05, 4.69) is 5.32 Å². The molecule has 0 atom stereocenters. The molecule has 0 spiro atoms. The van der Waals surface area contributed by atoms with E-state index in [1.165, 1.54) is 53.5 Å². The molecular formula is C30H34AcBr2F6N2O3S2. The van der Waals surface area contributed by atoms with Crippen LogP contribution in [0.5, 0.6) is 0 Å². The van der Waals surface area contributed by atoms with Crippen LogP contribution in [0, 0.1) is 44.1 Å². The van der Waals surface area contributed by atoms with Crippen LogP contribution in [0.3, 0.4) is 0 Å². The molecule has 2 aromatic carbocycles. The van der Waals surface area contributed by atoms with Crippen LogP contribution >= 0.6 is 56.6 Å². The van der Waals surface area contributed by atoms with Gasteiger partial charge in [-0.2, -0.15) is 26.3 Å². The van der Waals surface area contributed by atoms with Gasteiger partial charge in [0.15, 0.2) is 0 Å². The fourth-order valence-electron chi connectivity index (χ4n) is 5.72. The number of alkyl halides is 6. The normalized spacial score (nSPS) is 15.8. The topological polar surface area (TPSA) is 73.1 Å². The number of likely N-dealkylation sites (tertiary alicyclic amines) is 1. The number of nitrogens with zero attached hydrogens (tertiary/aromatic N) is 1. The van der Waals surface area contributed by atoms with Gasteiger partial charge in [0.25, 0.3) is 0 Å². The van der Waals surface area contributed by atoms with E-state index in [1.807, 2.05) is 10.8 Å². The first-order chi connectivity index (χ1) is 20.0. The molecule has 2 aliphatic rings. The van der Waals surface area contributed by atoms with Crippen LogP contribution in [0.25, 0.3) is 20.2 Å². The van der Waals surface area contributed by atoms with E-state index in [4.69, 9.17) is 4.74 Å². The van der Waals surface area contributed by atoms with E-state index < -0.39 is 23.5 Å². The Labute approximate surface area is 327 Å². The first-order valence-electron chi connectivity index (χ1n) is 13.7. The average molecular weight is 1040 g/mol. The first-order valence-corrected chi connectivity index (χ1v) is 15.4. The van der Waals surface area contributed by atoms with Crippen LogP contribution in [0.15, 0.2) is 47.2 Å². The molecule has 0 bridgehead atoms. The molecular weight excluding hydrogens is 1000 g/mol. The summed E-state index contributed by atoms with van der Waals surface area (Å²) >= 11 is 2.76. The minimum Gasteiger partial charge on any atom is -0.453 e. The number of amides is 1. The standard InChI is InChI=1S/C16H16F3NO2S.C14H14F3NS.Ac.2BrH.H2O/c1-22-15(21)20-6-4-10(5-7-20)13-9-23-14-8-11(16(17,18)19)2-3-12(13)14;15-14(16,17)10-1-2-11-12(8-19-13(11)7-10)9-3-5-18-6-4-9;;;;/h2-3,8-10H,4-7H2,1H3;1-2,7-9,18H,3-6H2;;2*1H;1H2. The maximum absolute atomic E-state index is 12.8. The summed E-state index contributed by atoms with van der Waals surface area (Å²) in [5.41, 5.74) is 1.14. The molecule has 6 rings (SSSR count). The molecule has 1 amide bonds. The molecule has 2 aliphatic heterocycles. The fraction of sp³-hybridized carbons (Fsp3) is 0.433. The molecule has 0 saturated carbocycles. The van der Waals surface area contributed by atoms with Gasteiger partial charge < -0.3 is 20.4 Å². The van der Waals surface area contributed by atoms with Gasteiger partial charge in [-0.3, -0.25) is 0 Å². The summed E-state index contributed by atoms with van der Waals surface area (Å²) in [5, 5.41) is 9.16. The number of carbonyl (C=O) groups excluding carboxylic acids is 1. The van der Waals surface area contributed by atoms with Crippen LogP contribution < -0.4 is 5.32 Å². The maximum Gasteiger partial charge on any atom is 0.416 e. The number of thiophene rings is 2. The maximum atomic E-state index is 12.8. The number of rotatable bonds is 2. The summed E-state index contributed by atoms with van der Waals surface area (Å²) in [6, 6.07) is 8.02. The molecule has 5 nitrogen and oxygen atoms in total. The second kappa shape index (κ2) is 18.5. The van der Waals surface area contributed by atoms with Gasteiger partial charge >= 0.3 is 18.4 Å². The van der Waals surface area contributed by atoms with Crippen molar-refractivity contribution in [3.8, 4) is 0 Å². The van der Waals surface area contributed by atoms with Crippen molar-refractivity contribution < 1.29 is 85.4 Å². The number of nitrogens with one attached hydrogen (secondary N) is 1. The molecule has 0 unspecified atom stereocenters. The van der Waals surface area contributed by atoms with Crippen molar-refractivity contribution in [2.24, 2.45) is 0 Å². The molecule has 4 aromatic rings. The van der Waals surface area contributed by atoms with Gasteiger partial charge in [-0.25, -0.2) is 4.79 Å². The van der Waals surface area contributed by atoms with Gasteiger partial charge in [-0.05, 0) is 108 Å². The zero-order valence-corrected chi connectivity index (χ0v) is 34.5. The number of hydrogen-bond donors (Lipinski definition) is 1. The second-order valence-corrected chi connectivity index (χ2v) is 12.4. The molecule has 0 aliphatic carbocycles. The van der Waals surface area contributed by atoms with Gasteiger partial charge in [0.05, 0.1) is 18.2 Å². The molecule has 16 heteroatoms. The van der Waals surface area contributed by atoms with Crippen molar-refractivity contribution in [1.29, 1.82) is 0 Å². The van der Waals surface area contributed by atoms with Gasteiger partial charge in [0, 0.05) is 66.6 Å². The smallest absolute Gasteiger partial charge is 0.416 e. The van der Waals surface area contributed by atoms with Crippen molar-refractivity contribution >= 4 is 82.9 Å². The molecule has 2 aromatic heterocycles. The number of methoxy groups -OCH3 is 1. The largest absolute Gasteiger partial charge is 0.453 e. The van der Waals surface area contributed by atoms with Gasteiger partial charge in [-0.1, -0.05) is 12.1 Å². The third kappa shape index (κ3) is 10.3. The van der Waals surface area contributed by atoms with Crippen molar-refractivity contribution in [3.05, 3.63) is 69.4 Å². The van der Waals surface area contributed by atoms with Crippen LogP contribution in [0.4, 0.5) is 31.1 Å². The van der Waals surface area contributed by atoms with Crippen molar-refractivity contribution in [1.82, 2.24) is 10.2 Å². The second-order valence-electron chi connectivity index (χ2n) is 10.6. The predicted octanol–water partition coefficient (Wildman–Crippen LogP) is 9.58. The summed E-state index contributed by atoms with van der Waals surface area (Å²) in [5.74, 6) is 0.744. The Hall–Kier alpha value is -0.468. The number of hydrogen-bond acceptors (Lipinski definition) is 5. The van der Waals surface area contributed by atoms with Gasteiger partial charge in [0.1, 0.15) is 0 Å². The Balaban J connectivity index is 0.000000429. The van der Waals surface area contributed by atoms with Crippen LogP contribution in [0.2, 0.25) is 0 Å². The SMILES string of the molecule is Br.Br.COC(=O)N1CCC(c2csc3cc(C(F)(F)F)ccc23)CC1.FC(F)(F)c1ccc2c(C3CCNCC3)csc2c1.O.[Ac]. The Bertz CT molecular complexity index is 1550. The molecule has 1 radical (unpaired) electrons. The monoisotopic (exact) mass is 1030 g/mol. The zero-order chi connectivity index (χ0) is 30.1. The van der Waals surface area contributed by atoms with E-state index >= 15 is 0 Å². The zero-order valence-electron chi connectivity index (χ0n) is 24.7. The Morgan fingerprint density at radius 3 is 1.59 bits per heavy atom. The number of fused-ring (bicyclic) bond motifs is 2. The van der Waals surface area contributed by atoms with E-state index in [-0.39, 0.29) is 95.5 Å². The summed E-state index contributed by atoms with van der Waals surface area (Å²) in [6.45, 7) is 3.19. The third-order valence-electron chi connectivity index (χ3n) is 8.01.